The molecule has 1 saturated heterocycles. The predicted molar refractivity (Wildman–Crippen MR) is 110 cm³/mol. The number of aryl methyl sites for hydroxylation is 1. The van der Waals surface area contributed by atoms with Crippen LogP contribution in [0.15, 0.2) is 53.4 Å². The molecule has 26 heavy (non-hydrogen) atoms. The molecule has 1 atom stereocenters. The average Bonchev–Trinajstić information content (AvgIpc) is 3.05. The van der Waals surface area contributed by atoms with Gasteiger partial charge in [-0.15, -0.1) is 11.8 Å². The zero-order chi connectivity index (χ0) is 18.5. The van der Waals surface area contributed by atoms with Gasteiger partial charge in [-0.2, -0.15) is 0 Å². The number of anilines is 1. The lowest BCUT2D eigenvalue weighted by Gasteiger charge is -2.40. The van der Waals surface area contributed by atoms with Crippen molar-refractivity contribution >= 4 is 29.4 Å². The summed E-state index contributed by atoms with van der Waals surface area (Å²) in [7, 11) is 0. The molecule has 134 valence electrons. The normalized spacial score (nSPS) is 23.2. The van der Waals surface area contributed by atoms with E-state index in [4.69, 9.17) is 0 Å². The van der Waals surface area contributed by atoms with Gasteiger partial charge in [0.1, 0.15) is 5.66 Å². The molecule has 2 aliphatic heterocycles. The molecular formula is C22H24N2OS. The van der Waals surface area contributed by atoms with E-state index in [0.717, 1.165) is 11.3 Å². The first-order chi connectivity index (χ1) is 12.4. The third-order valence-electron chi connectivity index (χ3n) is 5.76. The van der Waals surface area contributed by atoms with Gasteiger partial charge in [-0.1, -0.05) is 49.8 Å². The van der Waals surface area contributed by atoms with E-state index in [-0.39, 0.29) is 11.3 Å². The number of amides is 1. The molecule has 1 amide bonds. The topological polar surface area (TPSA) is 32.3 Å². The van der Waals surface area contributed by atoms with Crippen molar-refractivity contribution in [2.24, 2.45) is 0 Å². The van der Waals surface area contributed by atoms with E-state index >= 15 is 0 Å². The first-order valence-corrected chi connectivity index (χ1v) is 10.1. The summed E-state index contributed by atoms with van der Waals surface area (Å²) in [5.41, 5.74) is 4.08. The summed E-state index contributed by atoms with van der Waals surface area (Å²) in [6.45, 7) is 6.96. The van der Waals surface area contributed by atoms with Crippen LogP contribution in [0, 0.1) is 6.92 Å². The van der Waals surface area contributed by atoms with Gasteiger partial charge in [0, 0.05) is 16.0 Å². The second kappa shape index (κ2) is 5.92. The molecular weight excluding hydrogens is 340 g/mol. The summed E-state index contributed by atoms with van der Waals surface area (Å²) in [5, 5.41) is 3.27. The molecule has 0 radical (unpaired) electrons. The molecule has 0 bridgehead atoms. The van der Waals surface area contributed by atoms with Crippen molar-refractivity contribution in [2.45, 2.75) is 36.7 Å². The highest BCUT2D eigenvalue weighted by molar-refractivity contribution is 7.98. The monoisotopic (exact) mass is 364 g/mol. The highest BCUT2D eigenvalue weighted by Crippen LogP contribution is 2.53. The van der Waals surface area contributed by atoms with Gasteiger partial charge in [-0.3, -0.25) is 4.79 Å². The Balaban J connectivity index is 1.79. The Morgan fingerprint density at radius 2 is 1.88 bits per heavy atom. The van der Waals surface area contributed by atoms with Gasteiger partial charge in [0.15, 0.2) is 0 Å². The number of nitrogens with one attached hydrogen (secondary N) is 1. The van der Waals surface area contributed by atoms with Crippen LogP contribution in [0.1, 0.15) is 30.5 Å². The van der Waals surface area contributed by atoms with Crippen LogP contribution < -0.4 is 10.2 Å². The first kappa shape index (κ1) is 17.2. The smallest absolute Gasteiger partial charge is 0.241 e. The molecule has 2 heterocycles. The molecule has 0 aromatic heterocycles. The highest BCUT2D eigenvalue weighted by atomic mass is 32.2. The summed E-state index contributed by atoms with van der Waals surface area (Å²) in [6, 6.07) is 15.0. The molecule has 4 heteroatoms. The first-order valence-electron chi connectivity index (χ1n) is 8.90. The molecule has 3 nitrogen and oxygen atoms in total. The Morgan fingerprint density at radius 1 is 1.15 bits per heavy atom. The molecule has 0 aliphatic carbocycles. The standard InChI is InChI=1S/C22H24N2OS/c1-15-5-10-19-18(13-15)21(2,3)22(23-20(25)14-24(19)22)12-11-16-6-8-17(26-4)9-7-16/h5-13H,14H2,1-4H3,(H,23,25)/b12-11+/t22-/m0/s1. The van der Waals surface area contributed by atoms with Gasteiger partial charge in [0.25, 0.3) is 0 Å². The number of benzene rings is 2. The molecule has 1 fully saturated rings. The molecule has 2 aromatic rings. The number of hydrogen-bond acceptors (Lipinski definition) is 3. The highest BCUT2D eigenvalue weighted by Gasteiger charge is 2.59. The van der Waals surface area contributed by atoms with Gasteiger partial charge in [-0.05, 0) is 48.6 Å². The predicted octanol–water partition coefficient (Wildman–Crippen LogP) is 4.35. The second-order valence-corrected chi connectivity index (χ2v) is 8.53. The minimum Gasteiger partial charge on any atom is -0.335 e. The number of rotatable bonds is 3. The summed E-state index contributed by atoms with van der Waals surface area (Å²) < 4.78 is 0. The zero-order valence-corrected chi connectivity index (χ0v) is 16.5. The van der Waals surface area contributed by atoms with Crippen molar-refractivity contribution in [2.75, 3.05) is 17.7 Å². The van der Waals surface area contributed by atoms with E-state index in [9.17, 15) is 4.79 Å². The lowest BCUT2D eigenvalue weighted by Crippen LogP contribution is -2.58. The Labute approximate surface area is 159 Å². The number of carbonyl (C=O) groups is 1. The Morgan fingerprint density at radius 3 is 2.58 bits per heavy atom. The fourth-order valence-electron chi connectivity index (χ4n) is 4.22. The van der Waals surface area contributed by atoms with Gasteiger partial charge >= 0.3 is 0 Å². The SMILES string of the molecule is CSc1ccc(/C=C/[C@]23NC(=O)CN2c2ccc(C)cc2C3(C)C)cc1. The van der Waals surface area contributed by atoms with Crippen molar-refractivity contribution in [3.63, 3.8) is 0 Å². The van der Waals surface area contributed by atoms with Crippen LogP contribution in [0.4, 0.5) is 5.69 Å². The second-order valence-electron chi connectivity index (χ2n) is 7.65. The van der Waals surface area contributed by atoms with E-state index in [0.29, 0.717) is 6.54 Å². The zero-order valence-electron chi connectivity index (χ0n) is 15.7. The van der Waals surface area contributed by atoms with Crippen molar-refractivity contribution in [1.29, 1.82) is 0 Å². The summed E-state index contributed by atoms with van der Waals surface area (Å²) >= 11 is 1.74. The maximum Gasteiger partial charge on any atom is 0.241 e. The largest absolute Gasteiger partial charge is 0.335 e. The van der Waals surface area contributed by atoms with Crippen LogP contribution >= 0.6 is 11.8 Å². The average molecular weight is 365 g/mol. The van der Waals surface area contributed by atoms with Gasteiger partial charge < -0.3 is 10.2 Å². The quantitative estimate of drug-likeness (QED) is 0.822. The summed E-state index contributed by atoms with van der Waals surface area (Å²) in [4.78, 5) is 15.8. The maximum atomic E-state index is 12.3. The molecule has 1 N–H and O–H groups in total. The summed E-state index contributed by atoms with van der Waals surface area (Å²) in [6.07, 6.45) is 6.38. The van der Waals surface area contributed by atoms with E-state index in [2.05, 4.69) is 91.9 Å². The molecule has 0 spiro atoms. The van der Waals surface area contributed by atoms with Crippen LogP contribution in [0.25, 0.3) is 6.08 Å². The van der Waals surface area contributed by atoms with Crippen molar-refractivity contribution in [1.82, 2.24) is 5.32 Å². The Kier molecular flexibility index (Phi) is 3.92. The van der Waals surface area contributed by atoms with Gasteiger partial charge in [-0.25, -0.2) is 0 Å². The summed E-state index contributed by atoms with van der Waals surface area (Å²) in [5.74, 6) is 0.0756. The maximum absolute atomic E-state index is 12.3. The van der Waals surface area contributed by atoms with Crippen molar-refractivity contribution in [3.05, 3.63) is 65.2 Å². The third kappa shape index (κ3) is 2.39. The lowest BCUT2D eigenvalue weighted by molar-refractivity contribution is -0.118. The fraction of sp³-hybridized carbons (Fsp3) is 0.318. The fourth-order valence-corrected chi connectivity index (χ4v) is 4.63. The van der Waals surface area contributed by atoms with E-state index in [1.165, 1.54) is 16.0 Å². The van der Waals surface area contributed by atoms with Crippen LogP contribution in [0.5, 0.6) is 0 Å². The minimum atomic E-state index is -0.529. The van der Waals surface area contributed by atoms with E-state index in [1.807, 2.05) is 0 Å². The molecule has 0 saturated carbocycles. The molecule has 2 aromatic carbocycles. The van der Waals surface area contributed by atoms with E-state index in [1.54, 1.807) is 11.8 Å². The molecule has 4 rings (SSSR count). The number of fused-ring (bicyclic) bond motifs is 3. The Hall–Kier alpha value is -2.20. The number of hydrogen-bond donors (Lipinski definition) is 1. The number of carbonyl (C=O) groups excluding carboxylic acids is 1. The number of nitrogens with zero attached hydrogens (tertiary/aromatic N) is 1. The van der Waals surface area contributed by atoms with Gasteiger partial charge in [0.05, 0.1) is 6.54 Å². The number of thioether (sulfide) groups is 1. The molecule has 2 aliphatic rings. The van der Waals surface area contributed by atoms with Crippen molar-refractivity contribution < 1.29 is 4.79 Å². The van der Waals surface area contributed by atoms with Gasteiger partial charge in [0.2, 0.25) is 5.91 Å². The van der Waals surface area contributed by atoms with Crippen LogP contribution in [-0.2, 0) is 10.2 Å². The lowest BCUT2D eigenvalue weighted by atomic mass is 9.75. The van der Waals surface area contributed by atoms with Crippen LogP contribution in [0.3, 0.4) is 0 Å². The van der Waals surface area contributed by atoms with Crippen molar-refractivity contribution in [3.8, 4) is 0 Å². The van der Waals surface area contributed by atoms with E-state index < -0.39 is 5.66 Å². The minimum absolute atomic E-state index is 0.0756. The molecule has 0 unspecified atom stereocenters. The van der Waals surface area contributed by atoms with Crippen LogP contribution in [0.2, 0.25) is 0 Å². The van der Waals surface area contributed by atoms with Crippen LogP contribution in [-0.4, -0.2) is 24.4 Å². The Bertz CT molecular complexity index is 901. The third-order valence-corrected chi connectivity index (χ3v) is 6.50.